The molecule has 0 aromatic carbocycles. The molecule has 1 aliphatic rings. The van der Waals surface area contributed by atoms with E-state index in [1.54, 1.807) is 11.8 Å². The molecule has 0 atom stereocenters. The van der Waals surface area contributed by atoms with Gasteiger partial charge in [0.1, 0.15) is 5.15 Å². The smallest absolute Gasteiger partial charge is 0.142 e. The van der Waals surface area contributed by atoms with E-state index in [9.17, 15) is 0 Å². The van der Waals surface area contributed by atoms with Crippen LogP contribution < -0.4 is 0 Å². The van der Waals surface area contributed by atoms with Crippen LogP contribution >= 0.6 is 23.4 Å². The molecule has 2 nitrogen and oxygen atoms in total. The van der Waals surface area contributed by atoms with E-state index in [0.717, 1.165) is 18.1 Å². The molecular weight excluding hydrogens is 206 g/mol. The molecule has 1 aromatic rings. The second-order valence-corrected chi connectivity index (χ2v) is 4.20. The van der Waals surface area contributed by atoms with Crippen LogP contribution in [0.2, 0.25) is 5.15 Å². The van der Waals surface area contributed by atoms with Gasteiger partial charge in [0.2, 0.25) is 0 Å². The average Bonchev–Trinajstić information content (AvgIpc) is 2.05. The Kier molecular flexibility index (Phi) is 2.77. The highest BCUT2D eigenvalue weighted by molar-refractivity contribution is 7.98. The number of nitrogens with zero attached hydrogens (tertiary/aromatic N) is 1. The predicted molar refractivity (Wildman–Crippen MR) is 54.6 cm³/mol. The summed E-state index contributed by atoms with van der Waals surface area (Å²) in [5.41, 5.74) is 1.24. The Balaban J connectivity index is 2.26. The summed E-state index contributed by atoms with van der Waals surface area (Å²) in [5.74, 6) is 0.524. The van der Waals surface area contributed by atoms with Crippen LogP contribution in [0, 0.1) is 0 Å². The second-order valence-electron chi connectivity index (χ2n) is 3.00. The van der Waals surface area contributed by atoms with E-state index in [-0.39, 0.29) is 0 Å². The number of halogens is 1. The highest BCUT2D eigenvalue weighted by Gasteiger charge is 2.21. The van der Waals surface area contributed by atoms with Crippen LogP contribution in [0.15, 0.2) is 17.2 Å². The topological polar surface area (TPSA) is 22.1 Å². The summed E-state index contributed by atoms with van der Waals surface area (Å²) in [5, 5.41) is 0.594. The fourth-order valence-electron chi connectivity index (χ4n) is 1.24. The maximum Gasteiger partial charge on any atom is 0.142 e. The second kappa shape index (κ2) is 3.86. The lowest BCUT2D eigenvalue weighted by Gasteiger charge is -2.26. The van der Waals surface area contributed by atoms with Crippen molar-refractivity contribution in [3.8, 4) is 0 Å². The summed E-state index contributed by atoms with van der Waals surface area (Å²) in [7, 11) is 0. The zero-order chi connectivity index (χ0) is 9.26. The van der Waals surface area contributed by atoms with Gasteiger partial charge in [0.25, 0.3) is 0 Å². The van der Waals surface area contributed by atoms with Crippen molar-refractivity contribution in [1.82, 2.24) is 4.98 Å². The lowest BCUT2D eigenvalue weighted by atomic mass is 10.00. The predicted octanol–water partition coefficient (Wildman–Crippen LogP) is 2.57. The maximum atomic E-state index is 5.90. The zero-order valence-corrected chi connectivity index (χ0v) is 8.86. The van der Waals surface area contributed by atoms with Crippen molar-refractivity contribution in [2.45, 2.75) is 10.8 Å². The number of rotatable bonds is 2. The van der Waals surface area contributed by atoms with Gasteiger partial charge in [-0.1, -0.05) is 11.6 Å². The third-order valence-electron chi connectivity index (χ3n) is 2.16. The van der Waals surface area contributed by atoms with Crippen LogP contribution in [0.3, 0.4) is 0 Å². The normalized spacial score (nSPS) is 17.1. The molecule has 0 spiro atoms. The van der Waals surface area contributed by atoms with Gasteiger partial charge >= 0.3 is 0 Å². The highest BCUT2D eigenvalue weighted by atomic mass is 35.5. The van der Waals surface area contributed by atoms with Crippen LogP contribution in [0.4, 0.5) is 0 Å². The number of thioether (sulfide) groups is 1. The Morgan fingerprint density at radius 3 is 2.92 bits per heavy atom. The molecule has 0 aliphatic carbocycles. The quantitative estimate of drug-likeness (QED) is 0.559. The molecule has 1 fully saturated rings. The van der Waals surface area contributed by atoms with Gasteiger partial charge in [0.15, 0.2) is 0 Å². The van der Waals surface area contributed by atoms with E-state index in [0.29, 0.717) is 11.1 Å². The Labute approximate surface area is 86.6 Å². The van der Waals surface area contributed by atoms with E-state index in [2.05, 4.69) is 11.1 Å². The van der Waals surface area contributed by atoms with E-state index >= 15 is 0 Å². The minimum atomic E-state index is 0.524. The van der Waals surface area contributed by atoms with Crippen molar-refractivity contribution in [2.24, 2.45) is 0 Å². The van der Waals surface area contributed by atoms with Gasteiger partial charge in [0, 0.05) is 17.0 Å². The van der Waals surface area contributed by atoms with Crippen LogP contribution in [0.1, 0.15) is 11.5 Å². The van der Waals surface area contributed by atoms with E-state index in [4.69, 9.17) is 16.3 Å². The van der Waals surface area contributed by atoms with Crippen LogP contribution in [-0.2, 0) is 4.74 Å². The summed E-state index contributed by atoms with van der Waals surface area (Å²) in [6.07, 6.45) is 3.85. The fourth-order valence-corrected chi connectivity index (χ4v) is 2.05. The van der Waals surface area contributed by atoms with E-state index < -0.39 is 0 Å². The monoisotopic (exact) mass is 215 g/mol. The van der Waals surface area contributed by atoms with Gasteiger partial charge in [-0.3, -0.25) is 0 Å². The Hall–Kier alpha value is -0.250. The molecular formula is C9H10ClNOS. The van der Waals surface area contributed by atoms with Gasteiger partial charge in [-0.2, -0.15) is 0 Å². The molecule has 0 amide bonds. The van der Waals surface area contributed by atoms with E-state index in [1.807, 2.05) is 12.5 Å². The minimum absolute atomic E-state index is 0.524. The van der Waals surface area contributed by atoms with Gasteiger partial charge in [-0.15, -0.1) is 11.8 Å². The number of aromatic nitrogens is 1. The molecule has 0 saturated carbocycles. The molecule has 2 heterocycles. The van der Waals surface area contributed by atoms with Crippen LogP contribution in [0.25, 0.3) is 0 Å². The van der Waals surface area contributed by atoms with Crippen molar-refractivity contribution >= 4 is 23.4 Å². The van der Waals surface area contributed by atoms with Crippen LogP contribution in [0.5, 0.6) is 0 Å². The summed E-state index contributed by atoms with van der Waals surface area (Å²) in [6.45, 7) is 1.63. The summed E-state index contributed by atoms with van der Waals surface area (Å²) in [6, 6.07) is 2.10. The average molecular weight is 216 g/mol. The molecule has 0 N–H and O–H groups in total. The van der Waals surface area contributed by atoms with E-state index in [1.165, 1.54) is 5.56 Å². The molecule has 0 unspecified atom stereocenters. The number of ether oxygens (including phenoxy) is 1. The first-order chi connectivity index (χ1) is 6.31. The van der Waals surface area contributed by atoms with Crippen molar-refractivity contribution in [2.75, 3.05) is 19.5 Å². The summed E-state index contributed by atoms with van der Waals surface area (Å²) < 4.78 is 5.13. The van der Waals surface area contributed by atoms with Crippen molar-refractivity contribution in [1.29, 1.82) is 0 Å². The van der Waals surface area contributed by atoms with Gasteiger partial charge < -0.3 is 4.74 Å². The molecule has 1 saturated heterocycles. The van der Waals surface area contributed by atoms with Crippen molar-refractivity contribution in [3.63, 3.8) is 0 Å². The maximum absolute atomic E-state index is 5.90. The van der Waals surface area contributed by atoms with Crippen molar-refractivity contribution in [3.05, 3.63) is 23.0 Å². The number of hydrogen-bond donors (Lipinski definition) is 0. The Morgan fingerprint density at radius 1 is 1.62 bits per heavy atom. The lowest BCUT2D eigenvalue weighted by Crippen LogP contribution is -2.25. The molecule has 1 aromatic heterocycles. The third kappa shape index (κ3) is 1.82. The Bertz CT molecular complexity index is 314. The molecule has 0 radical (unpaired) electrons. The summed E-state index contributed by atoms with van der Waals surface area (Å²) >= 11 is 7.53. The molecule has 0 bridgehead atoms. The van der Waals surface area contributed by atoms with Gasteiger partial charge in [-0.25, -0.2) is 4.98 Å². The zero-order valence-electron chi connectivity index (χ0n) is 7.29. The molecule has 70 valence electrons. The van der Waals surface area contributed by atoms with Gasteiger partial charge in [0.05, 0.1) is 13.2 Å². The summed E-state index contributed by atoms with van der Waals surface area (Å²) in [4.78, 5) is 5.19. The first-order valence-corrected chi connectivity index (χ1v) is 5.68. The minimum Gasteiger partial charge on any atom is -0.380 e. The molecule has 2 rings (SSSR count). The number of pyridine rings is 1. The van der Waals surface area contributed by atoms with Crippen LogP contribution in [-0.4, -0.2) is 24.5 Å². The highest BCUT2D eigenvalue weighted by Crippen LogP contribution is 2.29. The lowest BCUT2D eigenvalue weighted by molar-refractivity contribution is 0.00820. The molecule has 4 heteroatoms. The largest absolute Gasteiger partial charge is 0.380 e. The van der Waals surface area contributed by atoms with Gasteiger partial charge in [-0.05, 0) is 17.9 Å². The fraction of sp³-hybridized carbons (Fsp3) is 0.444. The first kappa shape index (κ1) is 9.31. The molecule has 13 heavy (non-hydrogen) atoms. The SMILES string of the molecule is CSc1cc(C2COC2)cnc1Cl. The molecule has 1 aliphatic heterocycles. The third-order valence-corrected chi connectivity index (χ3v) is 3.32. The standard InChI is InChI=1S/C9H10ClNOS/c1-13-8-2-6(3-11-9(8)10)7-4-12-5-7/h2-3,7H,4-5H2,1H3. The van der Waals surface area contributed by atoms with Crippen molar-refractivity contribution < 1.29 is 4.74 Å². The first-order valence-electron chi connectivity index (χ1n) is 4.08. The number of hydrogen-bond acceptors (Lipinski definition) is 3. The Morgan fingerprint density at radius 2 is 2.38 bits per heavy atom.